The van der Waals surface area contributed by atoms with Gasteiger partial charge in [-0.3, -0.25) is 0 Å². The van der Waals surface area contributed by atoms with Crippen LogP contribution in [-0.4, -0.2) is 25.4 Å². The van der Waals surface area contributed by atoms with E-state index in [-0.39, 0.29) is 0 Å². The minimum Gasteiger partial charge on any atom is -0.496 e. The Morgan fingerprint density at radius 3 is 2.21 bits per heavy atom. The Bertz CT molecular complexity index is 407. The van der Waals surface area contributed by atoms with Gasteiger partial charge in [0, 0.05) is 11.6 Å². The van der Waals surface area contributed by atoms with Crippen LogP contribution in [0.4, 0.5) is 13.2 Å². The van der Waals surface area contributed by atoms with Crippen LogP contribution in [0, 0.1) is 0 Å². The highest BCUT2D eigenvalue weighted by Crippen LogP contribution is 2.33. The van der Waals surface area contributed by atoms with Gasteiger partial charge >= 0.3 is 6.18 Å². The van der Waals surface area contributed by atoms with Crippen LogP contribution in [0.2, 0.25) is 0 Å². The van der Waals surface area contributed by atoms with E-state index >= 15 is 0 Å². The predicted octanol–water partition coefficient (Wildman–Crippen LogP) is 3.05. The summed E-state index contributed by atoms with van der Waals surface area (Å²) in [5, 5.41) is 0. The lowest BCUT2D eigenvalue weighted by atomic mass is 10.0. The van der Waals surface area contributed by atoms with E-state index in [0.29, 0.717) is 11.3 Å². The van der Waals surface area contributed by atoms with Gasteiger partial charge in [-0.15, -0.1) is 0 Å². The van der Waals surface area contributed by atoms with E-state index in [1.165, 1.54) is 7.11 Å². The molecule has 1 aromatic rings. The molecule has 0 fully saturated rings. The summed E-state index contributed by atoms with van der Waals surface area (Å²) in [4.78, 5) is 0. The smallest absolute Gasteiger partial charge is 0.414 e. The SMILES string of the molecule is COc1ccccc1C(OC(C)C(F)(F)F)C(C)N. The number of rotatable bonds is 5. The second-order valence-corrected chi connectivity index (χ2v) is 4.34. The van der Waals surface area contributed by atoms with E-state index in [1.807, 2.05) is 0 Å². The van der Waals surface area contributed by atoms with E-state index in [9.17, 15) is 13.2 Å². The fourth-order valence-electron chi connectivity index (χ4n) is 1.68. The average molecular weight is 277 g/mol. The molecule has 0 saturated carbocycles. The Hall–Kier alpha value is -1.27. The first-order valence-corrected chi connectivity index (χ1v) is 5.88. The molecule has 3 nitrogen and oxygen atoms in total. The molecule has 3 atom stereocenters. The Labute approximate surface area is 110 Å². The van der Waals surface area contributed by atoms with Crippen LogP contribution in [0.15, 0.2) is 24.3 Å². The number of ether oxygens (including phenoxy) is 2. The van der Waals surface area contributed by atoms with Crippen LogP contribution >= 0.6 is 0 Å². The van der Waals surface area contributed by atoms with Crippen molar-refractivity contribution in [1.29, 1.82) is 0 Å². The summed E-state index contributed by atoms with van der Waals surface area (Å²) in [6, 6.07) is 6.14. The summed E-state index contributed by atoms with van der Waals surface area (Å²) >= 11 is 0. The number of hydrogen-bond donors (Lipinski definition) is 1. The molecular weight excluding hydrogens is 259 g/mol. The van der Waals surface area contributed by atoms with Crippen molar-refractivity contribution in [3.05, 3.63) is 29.8 Å². The largest absolute Gasteiger partial charge is 0.496 e. The molecule has 0 amide bonds. The zero-order valence-electron chi connectivity index (χ0n) is 11.1. The van der Waals surface area contributed by atoms with Crippen molar-refractivity contribution in [2.75, 3.05) is 7.11 Å². The second-order valence-electron chi connectivity index (χ2n) is 4.34. The number of halogens is 3. The van der Waals surface area contributed by atoms with Gasteiger partial charge in [-0.05, 0) is 19.9 Å². The molecular formula is C13H18F3NO2. The van der Waals surface area contributed by atoms with Crippen molar-refractivity contribution >= 4 is 0 Å². The van der Waals surface area contributed by atoms with E-state index < -0.39 is 24.4 Å². The lowest BCUT2D eigenvalue weighted by Gasteiger charge is -2.28. The first kappa shape index (κ1) is 15.8. The molecule has 0 aliphatic heterocycles. The van der Waals surface area contributed by atoms with Crippen LogP contribution in [0.25, 0.3) is 0 Å². The van der Waals surface area contributed by atoms with Crippen molar-refractivity contribution < 1.29 is 22.6 Å². The van der Waals surface area contributed by atoms with E-state index in [4.69, 9.17) is 15.2 Å². The van der Waals surface area contributed by atoms with Crippen LogP contribution in [0.5, 0.6) is 5.75 Å². The third-order valence-electron chi connectivity index (χ3n) is 2.73. The van der Waals surface area contributed by atoms with Crippen molar-refractivity contribution in [1.82, 2.24) is 0 Å². The Morgan fingerprint density at radius 2 is 1.74 bits per heavy atom. The highest BCUT2D eigenvalue weighted by molar-refractivity contribution is 5.35. The van der Waals surface area contributed by atoms with Crippen LogP contribution in [0.1, 0.15) is 25.5 Å². The topological polar surface area (TPSA) is 44.5 Å². The summed E-state index contributed by atoms with van der Waals surface area (Å²) in [5.74, 6) is 0.458. The van der Waals surface area contributed by atoms with E-state index in [1.54, 1.807) is 31.2 Å². The van der Waals surface area contributed by atoms with Gasteiger partial charge in [0.15, 0.2) is 6.10 Å². The van der Waals surface area contributed by atoms with Crippen molar-refractivity contribution in [2.24, 2.45) is 5.73 Å². The fourth-order valence-corrected chi connectivity index (χ4v) is 1.68. The lowest BCUT2D eigenvalue weighted by molar-refractivity contribution is -0.229. The van der Waals surface area contributed by atoms with E-state index in [2.05, 4.69) is 0 Å². The first-order valence-electron chi connectivity index (χ1n) is 5.88. The minimum atomic E-state index is -4.42. The summed E-state index contributed by atoms with van der Waals surface area (Å²) in [5.41, 5.74) is 6.25. The maximum Gasteiger partial charge on any atom is 0.414 e. The molecule has 0 aliphatic rings. The number of benzene rings is 1. The molecule has 0 aromatic heterocycles. The Balaban J connectivity index is 3.01. The summed E-state index contributed by atoms with van der Waals surface area (Å²) in [6.07, 6.45) is -7.20. The molecule has 6 heteroatoms. The standard InChI is InChI=1S/C13H18F3NO2/c1-8(17)12(19-9(2)13(14,15)16)10-6-4-5-7-11(10)18-3/h4-9,12H,17H2,1-3H3. The van der Waals surface area contributed by atoms with Gasteiger partial charge in [-0.2, -0.15) is 13.2 Å². The van der Waals surface area contributed by atoms with Gasteiger partial charge < -0.3 is 15.2 Å². The number of nitrogens with two attached hydrogens (primary N) is 1. The predicted molar refractivity (Wildman–Crippen MR) is 66.0 cm³/mol. The van der Waals surface area contributed by atoms with Crippen molar-refractivity contribution in [3.8, 4) is 5.75 Å². The van der Waals surface area contributed by atoms with Gasteiger partial charge in [-0.25, -0.2) is 0 Å². The molecule has 3 unspecified atom stereocenters. The molecule has 108 valence electrons. The summed E-state index contributed by atoms with van der Waals surface area (Å²) in [7, 11) is 1.45. The maximum absolute atomic E-state index is 12.6. The zero-order valence-corrected chi connectivity index (χ0v) is 11.1. The highest BCUT2D eigenvalue weighted by Gasteiger charge is 2.39. The third kappa shape index (κ3) is 4.11. The molecule has 19 heavy (non-hydrogen) atoms. The third-order valence-corrected chi connectivity index (χ3v) is 2.73. The molecule has 0 radical (unpaired) electrons. The molecule has 1 aromatic carbocycles. The fraction of sp³-hybridized carbons (Fsp3) is 0.538. The van der Waals surface area contributed by atoms with Gasteiger partial charge in [0.1, 0.15) is 11.9 Å². The van der Waals surface area contributed by atoms with Gasteiger partial charge in [-0.1, -0.05) is 18.2 Å². The zero-order chi connectivity index (χ0) is 14.6. The number of para-hydroxylation sites is 1. The Kier molecular flexibility index (Phi) is 5.20. The summed E-state index contributed by atoms with van der Waals surface area (Å²) in [6.45, 7) is 2.56. The molecule has 0 spiro atoms. The van der Waals surface area contributed by atoms with Gasteiger partial charge in [0.2, 0.25) is 0 Å². The monoisotopic (exact) mass is 277 g/mol. The molecule has 0 saturated heterocycles. The number of alkyl halides is 3. The first-order chi connectivity index (χ1) is 8.77. The molecule has 0 heterocycles. The molecule has 1 rings (SSSR count). The summed E-state index contributed by atoms with van der Waals surface area (Å²) < 4.78 is 47.9. The van der Waals surface area contributed by atoms with Gasteiger partial charge in [0.25, 0.3) is 0 Å². The normalized spacial score (nSPS) is 16.8. The van der Waals surface area contributed by atoms with Crippen LogP contribution in [-0.2, 0) is 4.74 Å². The molecule has 0 bridgehead atoms. The lowest BCUT2D eigenvalue weighted by Crippen LogP contribution is -2.36. The molecule has 0 aliphatic carbocycles. The van der Waals surface area contributed by atoms with Gasteiger partial charge in [0.05, 0.1) is 7.11 Å². The molecule has 2 N–H and O–H groups in total. The maximum atomic E-state index is 12.6. The van der Waals surface area contributed by atoms with Crippen LogP contribution in [0.3, 0.4) is 0 Å². The average Bonchev–Trinajstić information content (AvgIpc) is 2.34. The van der Waals surface area contributed by atoms with Crippen molar-refractivity contribution in [2.45, 2.75) is 38.3 Å². The highest BCUT2D eigenvalue weighted by atomic mass is 19.4. The number of methoxy groups -OCH3 is 1. The van der Waals surface area contributed by atoms with E-state index in [0.717, 1.165) is 6.92 Å². The minimum absolute atomic E-state index is 0.458. The number of hydrogen-bond acceptors (Lipinski definition) is 3. The van der Waals surface area contributed by atoms with Crippen molar-refractivity contribution in [3.63, 3.8) is 0 Å². The Morgan fingerprint density at radius 1 is 1.16 bits per heavy atom. The van der Waals surface area contributed by atoms with Crippen LogP contribution < -0.4 is 10.5 Å². The second kappa shape index (κ2) is 6.25. The quantitative estimate of drug-likeness (QED) is 0.899.